The Morgan fingerprint density at radius 2 is 1.87 bits per heavy atom. The van der Waals surface area contributed by atoms with Crippen molar-refractivity contribution in [2.75, 3.05) is 26.2 Å². The second kappa shape index (κ2) is 5.40. The number of fused-ring (bicyclic) bond motifs is 1. The van der Waals surface area contributed by atoms with Gasteiger partial charge in [-0.25, -0.2) is 17.5 Å². The van der Waals surface area contributed by atoms with Gasteiger partial charge in [-0.05, 0) is 37.1 Å². The molecule has 0 aliphatic carbocycles. The van der Waals surface area contributed by atoms with E-state index < -0.39 is 15.8 Å². The van der Waals surface area contributed by atoms with Crippen molar-refractivity contribution in [3.8, 4) is 5.69 Å². The number of benzene rings is 1. The molecule has 1 N–H and O–H groups in total. The van der Waals surface area contributed by atoms with Crippen molar-refractivity contribution in [1.29, 1.82) is 0 Å². The number of aromatic nitrogens is 2. The first-order valence-electron chi connectivity index (χ1n) is 7.56. The number of hydrogen-bond acceptors (Lipinski definition) is 4. The summed E-state index contributed by atoms with van der Waals surface area (Å²) in [6.45, 7) is 2.80. The van der Waals surface area contributed by atoms with E-state index in [2.05, 4.69) is 10.4 Å². The molecule has 4 rings (SSSR count). The molecule has 8 heteroatoms. The van der Waals surface area contributed by atoms with Gasteiger partial charge in [-0.15, -0.1) is 0 Å². The number of halogens is 1. The number of rotatable bonds is 3. The lowest BCUT2D eigenvalue weighted by molar-refractivity contribution is 0.448. The molecule has 2 aromatic rings. The van der Waals surface area contributed by atoms with Crippen LogP contribution in [0.25, 0.3) is 5.69 Å². The molecule has 2 fully saturated rings. The molecule has 2 atom stereocenters. The first-order chi connectivity index (χ1) is 11.1. The van der Waals surface area contributed by atoms with Gasteiger partial charge in [0.25, 0.3) is 0 Å². The van der Waals surface area contributed by atoms with Crippen LogP contribution in [-0.2, 0) is 10.0 Å². The molecule has 23 heavy (non-hydrogen) atoms. The van der Waals surface area contributed by atoms with E-state index in [-0.39, 0.29) is 10.6 Å². The molecule has 6 nitrogen and oxygen atoms in total. The maximum Gasteiger partial charge on any atom is 0.246 e. The number of sulfonamides is 1. The van der Waals surface area contributed by atoms with E-state index in [1.807, 2.05) is 0 Å². The molecule has 0 saturated carbocycles. The van der Waals surface area contributed by atoms with Crippen molar-refractivity contribution >= 4 is 10.0 Å². The van der Waals surface area contributed by atoms with Gasteiger partial charge in [-0.2, -0.15) is 9.40 Å². The van der Waals surface area contributed by atoms with Gasteiger partial charge in [-0.3, -0.25) is 0 Å². The van der Waals surface area contributed by atoms with Crippen LogP contribution in [0.15, 0.2) is 41.6 Å². The number of para-hydroxylation sites is 1. The molecule has 2 saturated heterocycles. The lowest BCUT2D eigenvalue weighted by Crippen LogP contribution is -2.31. The molecule has 3 heterocycles. The van der Waals surface area contributed by atoms with E-state index >= 15 is 0 Å². The van der Waals surface area contributed by atoms with Crippen LogP contribution in [0.4, 0.5) is 4.39 Å². The molecule has 2 aliphatic rings. The van der Waals surface area contributed by atoms with Gasteiger partial charge in [0.1, 0.15) is 16.4 Å². The van der Waals surface area contributed by atoms with Crippen molar-refractivity contribution in [3.05, 3.63) is 42.5 Å². The Hall–Kier alpha value is -1.77. The highest BCUT2D eigenvalue weighted by molar-refractivity contribution is 7.89. The predicted octanol–water partition coefficient (Wildman–Crippen LogP) is 0.851. The van der Waals surface area contributed by atoms with Gasteiger partial charge in [0.05, 0.1) is 12.4 Å². The van der Waals surface area contributed by atoms with Crippen molar-refractivity contribution in [2.24, 2.45) is 11.8 Å². The summed E-state index contributed by atoms with van der Waals surface area (Å²) in [4.78, 5) is 0.105. The summed E-state index contributed by atoms with van der Waals surface area (Å²) in [7, 11) is -3.58. The SMILES string of the molecule is O=S(=O)(c1cnn(-c2ccccc2F)c1)N1C[C@H]2CNC[C@H]2C1. The largest absolute Gasteiger partial charge is 0.316 e. The highest BCUT2D eigenvalue weighted by Gasteiger charge is 2.41. The monoisotopic (exact) mass is 336 g/mol. The van der Waals surface area contributed by atoms with Crippen LogP contribution in [0.3, 0.4) is 0 Å². The fourth-order valence-electron chi connectivity index (χ4n) is 3.37. The zero-order valence-corrected chi connectivity index (χ0v) is 13.2. The summed E-state index contributed by atoms with van der Waals surface area (Å²) in [5.41, 5.74) is 0.233. The highest BCUT2D eigenvalue weighted by atomic mass is 32.2. The van der Waals surface area contributed by atoms with Crippen LogP contribution in [-0.4, -0.2) is 48.7 Å². The van der Waals surface area contributed by atoms with Crippen LogP contribution in [0.1, 0.15) is 0 Å². The number of nitrogens with zero attached hydrogens (tertiary/aromatic N) is 3. The minimum atomic E-state index is -3.58. The topological polar surface area (TPSA) is 67.2 Å². The van der Waals surface area contributed by atoms with Gasteiger partial charge in [-0.1, -0.05) is 12.1 Å². The minimum absolute atomic E-state index is 0.105. The van der Waals surface area contributed by atoms with Crippen LogP contribution in [0.2, 0.25) is 0 Å². The molecule has 0 radical (unpaired) electrons. The van der Waals surface area contributed by atoms with Crippen molar-refractivity contribution in [3.63, 3.8) is 0 Å². The Labute approximate surface area is 134 Å². The van der Waals surface area contributed by atoms with Crippen LogP contribution < -0.4 is 5.32 Å². The number of nitrogens with one attached hydrogen (secondary N) is 1. The van der Waals surface area contributed by atoms with Gasteiger partial charge in [0.15, 0.2) is 0 Å². The quantitative estimate of drug-likeness (QED) is 0.902. The van der Waals surface area contributed by atoms with Crippen LogP contribution >= 0.6 is 0 Å². The smallest absolute Gasteiger partial charge is 0.246 e. The summed E-state index contributed by atoms with van der Waals surface area (Å²) in [6, 6.07) is 6.14. The van der Waals surface area contributed by atoms with E-state index in [0.29, 0.717) is 24.9 Å². The van der Waals surface area contributed by atoms with Crippen LogP contribution in [0.5, 0.6) is 0 Å². The predicted molar refractivity (Wildman–Crippen MR) is 82.1 cm³/mol. The van der Waals surface area contributed by atoms with Gasteiger partial charge in [0.2, 0.25) is 10.0 Å². The van der Waals surface area contributed by atoms with E-state index in [1.165, 1.54) is 27.4 Å². The van der Waals surface area contributed by atoms with E-state index in [4.69, 9.17) is 0 Å². The fourth-order valence-corrected chi connectivity index (χ4v) is 4.85. The third-order valence-electron chi connectivity index (χ3n) is 4.65. The summed E-state index contributed by atoms with van der Waals surface area (Å²) in [6.07, 6.45) is 2.66. The molecule has 0 amide bonds. The first kappa shape index (κ1) is 14.8. The second-order valence-electron chi connectivity index (χ2n) is 6.07. The lowest BCUT2D eigenvalue weighted by atomic mass is 10.0. The molecule has 1 aromatic carbocycles. The van der Waals surface area contributed by atoms with Gasteiger partial charge >= 0.3 is 0 Å². The normalized spacial score (nSPS) is 24.9. The third-order valence-corrected chi connectivity index (χ3v) is 6.44. The fraction of sp³-hybridized carbons (Fsp3) is 0.400. The van der Waals surface area contributed by atoms with E-state index in [0.717, 1.165) is 13.1 Å². The summed E-state index contributed by atoms with van der Waals surface area (Å²) >= 11 is 0. The maximum atomic E-state index is 13.8. The molecule has 2 aliphatic heterocycles. The Balaban J connectivity index is 1.62. The molecule has 0 spiro atoms. The van der Waals surface area contributed by atoms with Crippen LogP contribution in [0, 0.1) is 17.7 Å². The van der Waals surface area contributed by atoms with Gasteiger partial charge < -0.3 is 5.32 Å². The first-order valence-corrected chi connectivity index (χ1v) is 9.00. The Morgan fingerprint density at radius 1 is 1.17 bits per heavy atom. The third kappa shape index (κ3) is 2.46. The molecule has 122 valence electrons. The maximum absolute atomic E-state index is 13.8. The van der Waals surface area contributed by atoms with E-state index in [1.54, 1.807) is 18.2 Å². The molecular formula is C15H17FN4O2S. The molecule has 1 aromatic heterocycles. The average Bonchev–Trinajstić information content (AvgIpc) is 3.23. The summed E-state index contributed by atoms with van der Waals surface area (Å²) < 4.78 is 42.1. The number of hydrogen-bond donors (Lipinski definition) is 1. The zero-order valence-electron chi connectivity index (χ0n) is 12.4. The Morgan fingerprint density at radius 3 is 2.57 bits per heavy atom. The van der Waals surface area contributed by atoms with Crippen molar-refractivity contribution < 1.29 is 12.8 Å². The molecule has 0 unspecified atom stereocenters. The average molecular weight is 336 g/mol. The Bertz CT molecular complexity index is 824. The summed E-state index contributed by atoms with van der Waals surface area (Å²) in [5, 5.41) is 7.30. The lowest BCUT2D eigenvalue weighted by Gasteiger charge is -2.16. The molecular weight excluding hydrogens is 319 g/mol. The van der Waals surface area contributed by atoms with Crippen molar-refractivity contribution in [2.45, 2.75) is 4.90 Å². The zero-order chi connectivity index (χ0) is 16.0. The Kier molecular flexibility index (Phi) is 3.47. The second-order valence-corrected chi connectivity index (χ2v) is 8.01. The van der Waals surface area contributed by atoms with E-state index in [9.17, 15) is 12.8 Å². The van der Waals surface area contributed by atoms with Gasteiger partial charge in [0, 0.05) is 13.1 Å². The molecule has 0 bridgehead atoms. The highest BCUT2D eigenvalue weighted by Crippen LogP contribution is 2.30. The van der Waals surface area contributed by atoms with Crippen molar-refractivity contribution in [1.82, 2.24) is 19.4 Å². The standard InChI is InChI=1S/C15H17FN4O2S/c16-14-3-1-2-4-15(14)20-10-13(7-18-20)23(21,22)19-8-11-5-17-6-12(11)9-19/h1-4,7,10-12,17H,5-6,8-9H2/t11-,12+. The minimum Gasteiger partial charge on any atom is -0.316 e. The summed E-state index contributed by atoms with van der Waals surface area (Å²) in [5.74, 6) is 0.319.